The molecule has 6 nitrogen and oxygen atoms in total. The minimum Gasteiger partial charge on any atom is -0.368 e. The van der Waals surface area contributed by atoms with E-state index in [-0.39, 0.29) is 22.4 Å². The van der Waals surface area contributed by atoms with E-state index in [1.54, 1.807) is 6.07 Å². The van der Waals surface area contributed by atoms with E-state index < -0.39 is 27.0 Å². The monoisotopic (exact) mass is 408 g/mol. The number of aromatic nitrogens is 3. The molecule has 142 valence electrons. The fraction of sp³-hybridized carbons (Fsp3) is 0.467. The molecule has 0 radical (unpaired) electrons. The molecule has 1 heterocycles. The first-order chi connectivity index (χ1) is 11.9. The molecule has 3 rings (SSSR count). The van der Waals surface area contributed by atoms with Crippen LogP contribution >= 0.6 is 10.7 Å². The number of alkyl halides is 3. The molecule has 1 aromatic heterocycles. The maximum absolute atomic E-state index is 12.9. The third-order valence-corrected chi connectivity index (χ3v) is 5.55. The van der Waals surface area contributed by atoms with Crippen LogP contribution in [0.1, 0.15) is 55.5 Å². The van der Waals surface area contributed by atoms with Crippen LogP contribution in [0.25, 0.3) is 5.69 Å². The van der Waals surface area contributed by atoms with Crippen LogP contribution in [0.3, 0.4) is 0 Å². The Kier molecular flexibility index (Phi) is 4.47. The lowest BCUT2D eigenvalue weighted by molar-refractivity contribution is -0.144. The summed E-state index contributed by atoms with van der Waals surface area (Å²) in [6.07, 6.45) is -3.10. The van der Waals surface area contributed by atoms with E-state index in [9.17, 15) is 21.6 Å². The van der Waals surface area contributed by atoms with E-state index in [1.807, 2.05) is 13.8 Å². The lowest BCUT2D eigenvalue weighted by atomic mass is 9.96. The van der Waals surface area contributed by atoms with E-state index in [0.29, 0.717) is 11.1 Å². The highest BCUT2D eigenvalue weighted by atomic mass is 35.7. The summed E-state index contributed by atoms with van der Waals surface area (Å²) in [5, 5.41) is 3.43. The highest BCUT2D eigenvalue weighted by Gasteiger charge is 2.38. The van der Waals surface area contributed by atoms with Crippen LogP contribution in [-0.2, 0) is 15.2 Å². The van der Waals surface area contributed by atoms with Gasteiger partial charge in [0.25, 0.3) is 14.9 Å². The topological polar surface area (TPSA) is 90.9 Å². The fourth-order valence-electron chi connectivity index (χ4n) is 2.80. The van der Waals surface area contributed by atoms with Crippen molar-refractivity contribution in [3.8, 4) is 5.69 Å². The zero-order chi connectivity index (χ0) is 19.4. The van der Waals surface area contributed by atoms with Crippen molar-refractivity contribution in [1.29, 1.82) is 0 Å². The van der Waals surface area contributed by atoms with E-state index in [4.69, 9.17) is 16.4 Å². The molecule has 11 heteroatoms. The third-order valence-electron chi connectivity index (χ3n) is 4.17. The Morgan fingerprint density at radius 1 is 1.31 bits per heavy atom. The molecule has 1 fully saturated rings. The normalized spacial score (nSPS) is 15.7. The molecular formula is C15H16ClF3N4O2S. The Labute approximate surface area is 152 Å². The molecule has 0 unspecified atom stereocenters. The van der Waals surface area contributed by atoms with Gasteiger partial charge in [-0.15, -0.1) is 5.10 Å². The number of halogens is 4. The first-order valence-corrected chi connectivity index (χ1v) is 10.1. The summed E-state index contributed by atoms with van der Waals surface area (Å²) in [5.74, 6) is -1.93. The predicted molar refractivity (Wildman–Crippen MR) is 89.9 cm³/mol. The maximum Gasteiger partial charge on any atom is 0.453 e. The summed E-state index contributed by atoms with van der Waals surface area (Å²) in [5.41, 5.74) is 6.91. The van der Waals surface area contributed by atoms with Gasteiger partial charge in [-0.1, -0.05) is 19.9 Å². The highest BCUT2D eigenvalue weighted by molar-refractivity contribution is 8.13. The van der Waals surface area contributed by atoms with Gasteiger partial charge in [-0.25, -0.2) is 8.42 Å². The van der Waals surface area contributed by atoms with Gasteiger partial charge in [0.05, 0.1) is 10.6 Å². The van der Waals surface area contributed by atoms with Crippen molar-refractivity contribution in [3.63, 3.8) is 0 Å². The van der Waals surface area contributed by atoms with Crippen LogP contribution in [0, 0.1) is 0 Å². The predicted octanol–water partition coefficient (Wildman–Crippen LogP) is 3.80. The second-order valence-electron chi connectivity index (χ2n) is 6.52. The van der Waals surface area contributed by atoms with Gasteiger partial charge in [-0.3, -0.25) is 0 Å². The van der Waals surface area contributed by atoms with Crippen molar-refractivity contribution in [3.05, 3.63) is 29.1 Å². The van der Waals surface area contributed by atoms with Crippen LogP contribution < -0.4 is 5.73 Å². The molecule has 1 aliphatic rings. The molecule has 0 amide bonds. The van der Waals surface area contributed by atoms with E-state index in [2.05, 4.69) is 10.1 Å². The number of hydrogen-bond acceptors (Lipinski definition) is 5. The summed E-state index contributed by atoms with van der Waals surface area (Å²) in [4.78, 5) is 3.11. The molecule has 1 aromatic carbocycles. The zero-order valence-corrected chi connectivity index (χ0v) is 15.5. The van der Waals surface area contributed by atoms with Gasteiger partial charge < -0.3 is 5.73 Å². The van der Waals surface area contributed by atoms with Crippen LogP contribution in [0.2, 0.25) is 0 Å². The maximum atomic E-state index is 12.9. The molecule has 0 bridgehead atoms. The van der Waals surface area contributed by atoms with Crippen LogP contribution in [0.15, 0.2) is 17.0 Å². The third kappa shape index (κ3) is 3.52. The standard InChI is InChI=1S/C15H16ClF3N4O2S/c1-7(2)9-5-10(8-3-4-8)12(26(16,24)25)6-11(9)23-14(20)21-13(22-23)15(17,18)19/h5-8H,3-4H2,1-2H3,(H2,20,21,22). The average molecular weight is 409 g/mol. The number of nitrogens with zero attached hydrogens (tertiary/aromatic N) is 3. The van der Waals surface area contributed by atoms with Crippen molar-refractivity contribution >= 4 is 25.7 Å². The highest BCUT2D eigenvalue weighted by Crippen LogP contribution is 2.45. The summed E-state index contributed by atoms with van der Waals surface area (Å²) in [6, 6.07) is 2.90. The molecule has 2 aromatic rings. The van der Waals surface area contributed by atoms with Crippen LogP contribution in [0.5, 0.6) is 0 Å². The van der Waals surface area contributed by atoms with Crippen molar-refractivity contribution in [2.75, 3.05) is 5.73 Å². The quantitative estimate of drug-likeness (QED) is 0.777. The van der Waals surface area contributed by atoms with Crippen molar-refractivity contribution in [1.82, 2.24) is 14.8 Å². The molecule has 2 N–H and O–H groups in total. The Morgan fingerprint density at radius 3 is 2.35 bits per heavy atom. The molecule has 0 saturated heterocycles. The van der Waals surface area contributed by atoms with E-state index in [0.717, 1.165) is 17.5 Å². The second kappa shape index (κ2) is 6.12. The summed E-state index contributed by atoms with van der Waals surface area (Å²) < 4.78 is 63.5. The van der Waals surface area contributed by atoms with Gasteiger partial charge in [0, 0.05) is 10.7 Å². The first-order valence-electron chi connectivity index (χ1n) is 7.82. The number of nitrogen functional groups attached to an aromatic ring is 1. The Balaban J connectivity index is 2.28. The SMILES string of the molecule is CC(C)c1cc(C2CC2)c(S(=O)(=O)Cl)cc1-n1nc(C(F)(F)F)nc1N. The minimum absolute atomic E-state index is 0.0731. The van der Waals surface area contributed by atoms with Crippen molar-refractivity contribution < 1.29 is 21.6 Å². The number of anilines is 1. The van der Waals surface area contributed by atoms with Gasteiger partial charge in [-0.05, 0) is 41.9 Å². The number of hydrogen-bond donors (Lipinski definition) is 1. The first kappa shape index (κ1) is 19.0. The number of benzene rings is 1. The Morgan fingerprint density at radius 2 is 1.92 bits per heavy atom. The second-order valence-corrected chi connectivity index (χ2v) is 9.05. The molecule has 1 saturated carbocycles. The lowest BCUT2D eigenvalue weighted by Gasteiger charge is -2.17. The lowest BCUT2D eigenvalue weighted by Crippen LogP contribution is -2.11. The van der Waals surface area contributed by atoms with Gasteiger partial charge in [-0.2, -0.15) is 22.8 Å². The molecule has 26 heavy (non-hydrogen) atoms. The van der Waals surface area contributed by atoms with Crippen LogP contribution in [0.4, 0.5) is 19.1 Å². The summed E-state index contributed by atoms with van der Waals surface area (Å²) in [6.45, 7) is 3.67. The average Bonchev–Trinajstić information content (AvgIpc) is 3.26. The fourth-order valence-corrected chi connectivity index (χ4v) is 3.96. The molecular weight excluding hydrogens is 393 g/mol. The molecule has 0 spiro atoms. The minimum atomic E-state index is -4.77. The van der Waals surface area contributed by atoms with Gasteiger partial charge in [0.15, 0.2) is 0 Å². The summed E-state index contributed by atoms with van der Waals surface area (Å²) >= 11 is 0. The smallest absolute Gasteiger partial charge is 0.368 e. The Bertz CT molecular complexity index is 966. The van der Waals surface area contributed by atoms with Crippen molar-refractivity contribution in [2.45, 2.75) is 49.6 Å². The van der Waals surface area contributed by atoms with Gasteiger partial charge in [0.1, 0.15) is 0 Å². The molecule has 1 aliphatic carbocycles. The molecule has 0 atom stereocenters. The largest absolute Gasteiger partial charge is 0.453 e. The van der Waals surface area contributed by atoms with E-state index >= 15 is 0 Å². The summed E-state index contributed by atoms with van der Waals surface area (Å²) in [7, 11) is 1.46. The van der Waals surface area contributed by atoms with Gasteiger partial charge in [0.2, 0.25) is 5.95 Å². The van der Waals surface area contributed by atoms with E-state index in [1.165, 1.54) is 6.07 Å². The van der Waals surface area contributed by atoms with Crippen LogP contribution in [-0.4, -0.2) is 23.2 Å². The number of rotatable bonds is 4. The molecule has 0 aliphatic heterocycles. The van der Waals surface area contributed by atoms with Gasteiger partial charge >= 0.3 is 6.18 Å². The number of nitrogens with two attached hydrogens (primary N) is 1. The van der Waals surface area contributed by atoms with Crippen molar-refractivity contribution in [2.24, 2.45) is 0 Å². The zero-order valence-electron chi connectivity index (χ0n) is 13.9. The Hall–Kier alpha value is -1.81.